The SMILES string of the molecule is COP(=S)(C#C[C@]1(O)CC[C@H]2[C@@H]3CCC4=CC(=O)CCC4=C3[C@@H](c3ccc(N(C)C)cc3)C[C@@]21C)OC. The van der Waals surface area contributed by atoms with Gasteiger partial charge in [-0.15, -0.1) is 0 Å². The van der Waals surface area contributed by atoms with Crippen LogP contribution in [0.1, 0.15) is 63.4 Å². The highest BCUT2D eigenvalue weighted by atomic mass is 32.5. The molecule has 4 aliphatic carbocycles. The van der Waals surface area contributed by atoms with Crippen molar-refractivity contribution in [3.8, 4) is 11.6 Å². The molecule has 1 aromatic rings. The molecule has 5 rings (SSSR count). The van der Waals surface area contributed by atoms with Gasteiger partial charge in [0, 0.05) is 51.8 Å². The summed E-state index contributed by atoms with van der Waals surface area (Å²) in [6.45, 7) is -0.500. The summed E-state index contributed by atoms with van der Waals surface area (Å²) in [5.41, 5.74) is 8.11. The third-order valence-electron chi connectivity index (χ3n) is 9.58. The number of hydrogen-bond donors (Lipinski definition) is 1. The van der Waals surface area contributed by atoms with Gasteiger partial charge >= 0.3 is 0 Å². The van der Waals surface area contributed by atoms with Crippen LogP contribution in [0.2, 0.25) is 0 Å². The first-order chi connectivity index (χ1) is 17.5. The van der Waals surface area contributed by atoms with Gasteiger partial charge in [-0.2, -0.15) is 0 Å². The average molecular weight is 540 g/mol. The average Bonchev–Trinajstić information content (AvgIpc) is 3.17. The molecule has 2 fully saturated rings. The fourth-order valence-electron chi connectivity index (χ4n) is 7.50. The van der Waals surface area contributed by atoms with Crippen LogP contribution in [0.4, 0.5) is 5.69 Å². The number of nitrogens with zero attached hydrogens (tertiary/aromatic N) is 1. The number of anilines is 1. The molecule has 0 heterocycles. The lowest BCUT2D eigenvalue weighted by atomic mass is 9.51. The number of fused-ring (bicyclic) bond motifs is 4. The zero-order valence-corrected chi connectivity index (χ0v) is 24.3. The lowest BCUT2D eigenvalue weighted by Gasteiger charge is -2.53. The first-order valence-corrected chi connectivity index (χ1v) is 15.9. The lowest BCUT2D eigenvalue weighted by molar-refractivity contribution is -0.114. The molecule has 0 amide bonds. The molecular formula is C30H38NO4PS. The Morgan fingerprint density at radius 1 is 1.11 bits per heavy atom. The highest BCUT2D eigenvalue weighted by Crippen LogP contribution is 2.66. The van der Waals surface area contributed by atoms with Crippen molar-refractivity contribution in [2.45, 2.75) is 63.4 Å². The Labute approximate surface area is 226 Å². The second-order valence-electron chi connectivity index (χ2n) is 11.5. The second-order valence-corrected chi connectivity index (χ2v) is 14.9. The first-order valence-electron chi connectivity index (χ1n) is 13.3. The molecule has 5 nitrogen and oxygen atoms in total. The quantitative estimate of drug-likeness (QED) is 0.377. The molecule has 1 N–H and O–H groups in total. The minimum absolute atomic E-state index is 0.175. The Balaban J connectivity index is 1.64. The summed E-state index contributed by atoms with van der Waals surface area (Å²) in [5, 5.41) is 12.1. The van der Waals surface area contributed by atoms with Crippen molar-refractivity contribution in [1.82, 2.24) is 0 Å². The van der Waals surface area contributed by atoms with E-state index in [-0.39, 0.29) is 11.7 Å². The Kier molecular flexibility index (Phi) is 7.10. The maximum Gasteiger partial charge on any atom is 0.263 e. The molecule has 37 heavy (non-hydrogen) atoms. The normalized spacial score (nSPS) is 33.1. The van der Waals surface area contributed by atoms with Crippen molar-refractivity contribution < 1.29 is 18.9 Å². The van der Waals surface area contributed by atoms with Crippen molar-refractivity contribution in [2.24, 2.45) is 17.3 Å². The number of carbonyl (C=O) groups excluding carboxylic acids is 1. The minimum Gasteiger partial charge on any atom is -0.378 e. The third kappa shape index (κ3) is 4.48. The van der Waals surface area contributed by atoms with E-state index < -0.39 is 17.5 Å². The Morgan fingerprint density at radius 2 is 1.81 bits per heavy atom. The summed E-state index contributed by atoms with van der Waals surface area (Å²) in [6, 6.07) is 8.86. The van der Waals surface area contributed by atoms with Gasteiger partial charge < -0.3 is 19.1 Å². The molecule has 1 aromatic carbocycles. The minimum atomic E-state index is -2.74. The van der Waals surface area contributed by atoms with Gasteiger partial charge in [-0.05, 0) is 103 Å². The fraction of sp³-hybridized carbons (Fsp3) is 0.567. The summed E-state index contributed by atoms with van der Waals surface area (Å²) in [4.78, 5) is 14.4. The van der Waals surface area contributed by atoms with E-state index in [0.29, 0.717) is 24.7 Å². The molecule has 7 heteroatoms. The van der Waals surface area contributed by atoms with Gasteiger partial charge in [-0.1, -0.05) is 30.6 Å². The number of ketones is 1. The van der Waals surface area contributed by atoms with Crippen LogP contribution < -0.4 is 4.90 Å². The molecule has 5 atom stereocenters. The van der Waals surface area contributed by atoms with Crippen LogP contribution in [0, 0.1) is 28.8 Å². The van der Waals surface area contributed by atoms with Crippen LogP contribution in [0.3, 0.4) is 0 Å². The highest BCUT2D eigenvalue weighted by molar-refractivity contribution is 8.12. The van der Waals surface area contributed by atoms with E-state index in [1.54, 1.807) is 0 Å². The fourth-order valence-corrected chi connectivity index (χ4v) is 8.29. The molecule has 0 bridgehead atoms. The number of aliphatic hydroxyl groups is 1. The van der Waals surface area contributed by atoms with Crippen molar-refractivity contribution in [3.63, 3.8) is 0 Å². The number of rotatable bonds is 4. The molecule has 0 unspecified atom stereocenters. The van der Waals surface area contributed by atoms with Crippen molar-refractivity contribution in [3.05, 3.63) is 52.6 Å². The van der Waals surface area contributed by atoms with Gasteiger partial charge in [0.1, 0.15) is 5.60 Å². The summed E-state index contributed by atoms with van der Waals surface area (Å²) in [5.74, 6) is 4.35. The molecule has 0 spiro atoms. The first kappa shape index (κ1) is 26.9. The van der Waals surface area contributed by atoms with Crippen LogP contribution in [0.15, 0.2) is 47.1 Å². The van der Waals surface area contributed by atoms with Crippen LogP contribution in [-0.4, -0.2) is 44.8 Å². The largest absolute Gasteiger partial charge is 0.378 e. The van der Waals surface area contributed by atoms with Crippen LogP contribution in [0.25, 0.3) is 0 Å². The van der Waals surface area contributed by atoms with Gasteiger partial charge in [0.25, 0.3) is 6.49 Å². The molecule has 2 saturated carbocycles. The Morgan fingerprint density at radius 3 is 2.46 bits per heavy atom. The van der Waals surface area contributed by atoms with Gasteiger partial charge in [0.05, 0.1) is 0 Å². The molecule has 0 radical (unpaired) electrons. The van der Waals surface area contributed by atoms with E-state index in [0.717, 1.165) is 32.1 Å². The van der Waals surface area contributed by atoms with Crippen LogP contribution >= 0.6 is 6.49 Å². The monoisotopic (exact) mass is 539 g/mol. The third-order valence-corrected chi connectivity index (χ3v) is 12.1. The van der Waals surface area contributed by atoms with Crippen molar-refractivity contribution in [2.75, 3.05) is 33.2 Å². The molecular weight excluding hydrogens is 501 g/mol. The Hall–Kier alpha value is -1.74. The van der Waals surface area contributed by atoms with Gasteiger partial charge in [-0.3, -0.25) is 4.79 Å². The van der Waals surface area contributed by atoms with Crippen molar-refractivity contribution in [1.29, 1.82) is 0 Å². The van der Waals surface area contributed by atoms with E-state index in [1.165, 1.54) is 42.2 Å². The molecule has 0 aromatic heterocycles. The standard InChI is InChI=1S/C30H38NO4PS/c1-29-19-26(20-6-9-22(10-7-20)31(2)3)28-24-13-11-23(32)18-21(24)8-12-25(28)27(29)14-15-30(29,33)16-17-36(37,34-4)35-5/h6-7,9-10,18,25-27,33H,8,11-15,19H2,1-5H3/t25-,26+,27-,29-,30+/m0/s1. The maximum absolute atomic E-state index is 12.3. The number of allylic oxidation sites excluding steroid dienone is 4. The van der Waals surface area contributed by atoms with E-state index in [9.17, 15) is 9.90 Å². The maximum atomic E-state index is 12.3. The smallest absolute Gasteiger partial charge is 0.263 e. The van der Waals surface area contributed by atoms with E-state index in [1.807, 2.05) is 6.08 Å². The van der Waals surface area contributed by atoms with Crippen LogP contribution in [-0.2, 0) is 25.6 Å². The summed E-state index contributed by atoms with van der Waals surface area (Å²) in [7, 11) is 7.16. The summed E-state index contributed by atoms with van der Waals surface area (Å²) in [6.07, 6.45) is 7.64. The Bertz CT molecular complexity index is 1260. The molecule has 4 aliphatic rings. The molecule has 198 valence electrons. The van der Waals surface area contributed by atoms with Gasteiger partial charge in [0.2, 0.25) is 0 Å². The van der Waals surface area contributed by atoms with E-state index >= 15 is 0 Å². The van der Waals surface area contributed by atoms with Crippen LogP contribution in [0.5, 0.6) is 0 Å². The number of carbonyl (C=O) groups is 1. The number of benzene rings is 1. The van der Waals surface area contributed by atoms with E-state index in [4.69, 9.17) is 20.9 Å². The second kappa shape index (κ2) is 9.78. The predicted molar refractivity (Wildman–Crippen MR) is 152 cm³/mol. The zero-order valence-electron chi connectivity index (χ0n) is 22.5. The highest BCUT2D eigenvalue weighted by Gasteiger charge is 2.62. The topological polar surface area (TPSA) is 59.0 Å². The molecule has 0 saturated heterocycles. The van der Waals surface area contributed by atoms with Crippen molar-refractivity contribution >= 4 is 29.8 Å². The zero-order chi connectivity index (χ0) is 26.6. The van der Waals surface area contributed by atoms with Gasteiger partial charge in [-0.25, -0.2) is 0 Å². The van der Waals surface area contributed by atoms with Gasteiger partial charge in [0.15, 0.2) is 5.78 Å². The number of hydrogen-bond acceptors (Lipinski definition) is 6. The lowest BCUT2D eigenvalue weighted by Crippen LogP contribution is -2.51. The predicted octanol–water partition coefficient (Wildman–Crippen LogP) is 5.95. The summed E-state index contributed by atoms with van der Waals surface area (Å²) >= 11 is 5.51. The molecule has 0 aliphatic heterocycles. The van der Waals surface area contributed by atoms with E-state index in [2.05, 4.69) is 61.8 Å². The summed E-state index contributed by atoms with van der Waals surface area (Å²) < 4.78 is 10.8.